The van der Waals surface area contributed by atoms with Crippen LogP contribution >= 0.6 is 0 Å². The Hall–Kier alpha value is -3.35. The number of amides is 2. The maximum atomic E-state index is 12.7. The molecule has 0 saturated heterocycles. The predicted octanol–water partition coefficient (Wildman–Crippen LogP) is 4.46. The van der Waals surface area contributed by atoms with Gasteiger partial charge in [-0.25, -0.2) is 4.79 Å². The lowest BCUT2D eigenvalue weighted by Crippen LogP contribution is -2.45. The summed E-state index contributed by atoms with van der Waals surface area (Å²) in [5, 5.41) is 15.1. The minimum absolute atomic E-state index is 0.0138. The third kappa shape index (κ3) is 4.90. The number of carbonyl (C=O) groups is 3. The Morgan fingerprint density at radius 1 is 0.971 bits per heavy atom. The summed E-state index contributed by atoms with van der Waals surface area (Å²) in [5.41, 5.74) is 4.43. The fourth-order valence-electron chi connectivity index (χ4n) is 5.99. The Kier molecular flexibility index (Phi) is 6.50. The molecule has 2 fully saturated rings. The zero-order valence-electron chi connectivity index (χ0n) is 19.8. The molecule has 2 saturated carbocycles. The van der Waals surface area contributed by atoms with Gasteiger partial charge < -0.3 is 20.5 Å². The van der Waals surface area contributed by atoms with Crippen LogP contribution < -0.4 is 10.6 Å². The van der Waals surface area contributed by atoms with Crippen molar-refractivity contribution in [2.45, 2.75) is 56.9 Å². The Morgan fingerprint density at radius 3 is 2.23 bits per heavy atom. The van der Waals surface area contributed by atoms with Crippen molar-refractivity contribution >= 4 is 18.0 Å². The maximum Gasteiger partial charge on any atom is 0.407 e. The zero-order valence-corrected chi connectivity index (χ0v) is 19.8. The predicted molar refractivity (Wildman–Crippen MR) is 131 cm³/mol. The Balaban J connectivity index is 1.10. The lowest BCUT2D eigenvalue weighted by atomic mass is 9.66. The molecule has 2 amide bonds. The summed E-state index contributed by atoms with van der Waals surface area (Å²) >= 11 is 0. The van der Waals surface area contributed by atoms with E-state index in [2.05, 4.69) is 34.9 Å². The fraction of sp³-hybridized carbons (Fsp3) is 0.464. The molecule has 0 spiro atoms. The average molecular weight is 477 g/mol. The molecule has 0 bridgehead atoms. The van der Waals surface area contributed by atoms with Crippen molar-refractivity contribution in [1.29, 1.82) is 0 Å². The topological polar surface area (TPSA) is 105 Å². The van der Waals surface area contributed by atoms with Crippen LogP contribution in [0.4, 0.5) is 4.79 Å². The summed E-state index contributed by atoms with van der Waals surface area (Å²) < 4.78 is 5.64. The molecule has 7 nitrogen and oxygen atoms in total. The van der Waals surface area contributed by atoms with Crippen LogP contribution in [0, 0.1) is 11.3 Å². The van der Waals surface area contributed by atoms with E-state index in [9.17, 15) is 14.4 Å². The van der Waals surface area contributed by atoms with E-state index in [1.54, 1.807) is 0 Å². The van der Waals surface area contributed by atoms with Crippen molar-refractivity contribution < 1.29 is 24.2 Å². The van der Waals surface area contributed by atoms with Crippen LogP contribution in [0.2, 0.25) is 0 Å². The molecule has 0 aromatic heterocycles. The number of nitrogens with one attached hydrogen (secondary N) is 2. The second-order valence-electron chi connectivity index (χ2n) is 10.3. The molecule has 0 heterocycles. The van der Waals surface area contributed by atoms with Gasteiger partial charge in [0.15, 0.2) is 0 Å². The highest BCUT2D eigenvalue weighted by molar-refractivity contribution is 5.80. The van der Waals surface area contributed by atoms with Gasteiger partial charge in [-0.15, -0.1) is 0 Å². The summed E-state index contributed by atoms with van der Waals surface area (Å²) in [6.45, 7) is 0.682. The normalized spacial score (nSPS) is 21.9. The number of fused-ring (bicyclic) bond motifs is 3. The first-order chi connectivity index (χ1) is 16.9. The lowest BCUT2D eigenvalue weighted by molar-refractivity contribution is -0.142. The first-order valence-corrected chi connectivity index (χ1v) is 12.6. The smallest absolute Gasteiger partial charge is 0.407 e. The lowest BCUT2D eigenvalue weighted by Gasteiger charge is -2.41. The van der Waals surface area contributed by atoms with E-state index in [1.165, 1.54) is 22.3 Å². The maximum absolute atomic E-state index is 12.7. The second kappa shape index (κ2) is 9.72. The zero-order chi connectivity index (χ0) is 24.4. The van der Waals surface area contributed by atoms with E-state index >= 15 is 0 Å². The number of benzene rings is 2. The van der Waals surface area contributed by atoms with Crippen molar-refractivity contribution in [2.24, 2.45) is 11.3 Å². The monoisotopic (exact) mass is 476 g/mol. The fourth-order valence-corrected chi connectivity index (χ4v) is 5.99. The standard InChI is InChI=1S/C28H32N2O5/c31-25(32)15-28(12-5-13-28)17-29-26(33)18-10-11-19(14-18)30-27(34)35-16-24-22-8-3-1-6-20(22)21-7-2-4-9-23(21)24/h1-4,6-9,18-19,24H,5,10-17H2,(H,29,33)(H,30,34)(H,31,32)/t18-,19+/m0/s1. The number of hydrogen-bond donors (Lipinski definition) is 3. The molecule has 35 heavy (non-hydrogen) atoms. The Morgan fingerprint density at radius 2 is 1.63 bits per heavy atom. The van der Waals surface area contributed by atoms with E-state index in [4.69, 9.17) is 9.84 Å². The molecule has 2 aromatic rings. The molecular weight excluding hydrogens is 444 g/mol. The van der Waals surface area contributed by atoms with Gasteiger partial charge in [-0.05, 0) is 59.8 Å². The van der Waals surface area contributed by atoms with E-state index in [1.807, 2.05) is 24.3 Å². The van der Waals surface area contributed by atoms with E-state index in [0.717, 1.165) is 25.7 Å². The van der Waals surface area contributed by atoms with Gasteiger partial charge in [0, 0.05) is 24.4 Å². The Bertz CT molecular complexity index is 1080. The third-order valence-electron chi connectivity index (χ3n) is 8.05. The molecule has 2 aromatic carbocycles. The highest BCUT2D eigenvalue weighted by Crippen LogP contribution is 2.45. The van der Waals surface area contributed by atoms with Crippen molar-refractivity contribution in [3.63, 3.8) is 0 Å². The number of rotatable bonds is 8. The summed E-state index contributed by atoms with van der Waals surface area (Å²) in [5.74, 6) is -1.01. The molecule has 7 heteroatoms. The minimum Gasteiger partial charge on any atom is -0.481 e. The number of alkyl carbamates (subject to hydrolysis) is 1. The van der Waals surface area contributed by atoms with Gasteiger partial charge in [0.25, 0.3) is 0 Å². The highest BCUT2D eigenvalue weighted by Gasteiger charge is 2.40. The third-order valence-corrected chi connectivity index (χ3v) is 8.05. The molecule has 2 atom stereocenters. The molecule has 0 radical (unpaired) electrons. The number of carboxylic acid groups (broad SMARTS) is 1. The summed E-state index contributed by atoms with van der Waals surface area (Å²) in [6, 6.07) is 16.4. The molecule has 3 aliphatic rings. The van der Waals surface area contributed by atoms with Crippen LogP contribution in [0.1, 0.15) is 62.0 Å². The molecule has 0 aliphatic heterocycles. The van der Waals surface area contributed by atoms with Gasteiger partial charge in [-0.2, -0.15) is 0 Å². The van der Waals surface area contributed by atoms with E-state index in [0.29, 0.717) is 19.4 Å². The van der Waals surface area contributed by atoms with Gasteiger partial charge in [-0.3, -0.25) is 9.59 Å². The van der Waals surface area contributed by atoms with Crippen LogP contribution in [0.25, 0.3) is 11.1 Å². The van der Waals surface area contributed by atoms with Crippen molar-refractivity contribution in [3.05, 3.63) is 59.7 Å². The van der Waals surface area contributed by atoms with Crippen LogP contribution in [-0.2, 0) is 14.3 Å². The van der Waals surface area contributed by atoms with Crippen molar-refractivity contribution in [1.82, 2.24) is 10.6 Å². The molecule has 184 valence electrons. The number of carbonyl (C=O) groups excluding carboxylic acids is 2. The number of ether oxygens (including phenoxy) is 1. The quantitative estimate of drug-likeness (QED) is 0.522. The van der Waals surface area contributed by atoms with E-state index in [-0.39, 0.29) is 42.2 Å². The van der Waals surface area contributed by atoms with Gasteiger partial charge in [-0.1, -0.05) is 55.0 Å². The number of carboxylic acids is 1. The van der Waals surface area contributed by atoms with Crippen molar-refractivity contribution in [3.8, 4) is 11.1 Å². The largest absolute Gasteiger partial charge is 0.481 e. The molecule has 3 aliphatic carbocycles. The van der Waals surface area contributed by atoms with Crippen LogP contribution in [0.3, 0.4) is 0 Å². The van der Waals surface area contributed by atoms with E-state index < -0.39 is 12.1 Å². The molecule has 0 unspecified atom stereocenters. The molecule has 5 rings (SSSR count). The summed E-state index contributed by atoms with van der Waals surface area (Å²) in [7, 11) is 0. The van der Waals surface area contributed by atoms with Gasteiger partial charge in [0.1, 0.15) is 6.61 Å². The van der Waals surface area contributed by atoms with Crippen LogP contribution in [-0.4, -0.2) is 42.3 Å². The minimum atomic E-state index is -0.813. The second-order valence-corrected chi connectivity index (χ2v) is 10.3. The van der Waals surface area contributed by atoms with Crippen LogP contribution in [0.5, 0.6) is 0 Å². The van der Waals surface area contributed by atoms with Crippen LogP contribution in [0.15, 0.2) is 48.5 Å². The molecule has 3 N–H and O–H groups in total. The summed E-state index contributed by atoms with van der Waals surface area (Å²) in [4.78, 5) is 36.4. The SMILES string of the molecule is O=C(O)CC1(CNC(=O)[C@H]2CC[C@@H](NC(=O)OCC3c4ccccc4-c4ccccc43)C2)CCC1. The van der Waals surface area contributed by atoms with Crippen molar-refractivity contribution in [2.75, 3.05) is 13.2 Å². The molecular formula is C28H32N2O5. The Labute approximate surface area is 205 Å². The number of aliphatic carboxylic acids is 1. The first-order valence-electron chi connectivity index (χ1n) is 12.6. The van der Waals surface area contributed by atoms with Gasteiger partial charge >= 0.3 is 12.1 Å². The number of hydrogen-bond acceptors (Lipinski definition) is 4. The highest BCUT2D eigenvalue weighted by atomic mass is 16.5. The average Bonchev–Trinajstić information content (AvgIpc) is 3.42. The van der Waals surface area contributed by atoms with Gasteiger partial charge in [0.05, 0.1) is 6.42 Å². The first kappa shape index (κ1) is 23.4. The summed E-state index contributed by atoms with van der Waals surface area (Å²) in [6.07, 6.45) is 4.35. The van der Waals surface area contributed by atoms with Gasteiger partial charge in [0.2, 0.25) is 5.91 Å².